The maximum Gasteiger partial charge on any atom is 0.274 e. The fourth-order valence-electron chi connectivity index (χ4n) is 3.49. The number of aryl methyl sites for hydroxylation is 1. The minimum atomic E-state index is -0.394. The Morgan fingerprint density at radius 1 is 1.33 bits per heavy atom. The molecule has 2 aromatic rings. The van der Waals surface area contributed by atoms with E-state index in [1.807, 2.05) is 19.9 Å². The summed E-state index contributed by atoms with van der Waals surface area (Å²) in [5.41, 5.74) is 1.45. The molecular weight excluding hydrogens is 462 g/mol. The monoisotopic (exact) mass is 484 g/mol. The molecule has 0 spiro atoms. The number of alkyl halides is 1. The summed E-state index contributed by atoms with van der Waals surface area (Å²) in [6, 6.07) is 6.52. The molecule has 5 nitrogen and oxygen atoms in total. The molecule has 27 heavy (non-hydrogen) atoms. The lowest BCUT2D eigenvalue weighted by Gasteiger charge is -2.20. The Bertz CT molecular complexity index is 926. The van der Waals surface area contributed by atoms with Crippen molar-refractivity contribution in [3.63, 3.8) is 0 Å². The fraction of sp³-hybridized carbons (Fsp3) is 0.400. The zero-order valence-electron chi connectivity index (χ0n) is 15.5. The summed E-state index contributed by atoms with van der Waals surface area (Å²) in [6.07, 6.45) is 1.94. The van der Waals surface area contributed by atoms with E-state index >= 15 is 0 Å². The van der Waals surface area contributed by atoms with E-state index in [4.69, 9.17) is 4.74 Å². The average Bonchev–Trinajstić information content (AvgIpc) is 2.98. The van der Waals surface area contributed by atoms with E-state index in [1.54, 1.807) is 22.9 Å². The molecule has 1 aromatic carbocycles. The highest BCUT2D eigenvalue weighted by Gasteiger charge is 2.35. The van der Waals surface area contributed by atoms with Gasteiger partial charge in [0.2, 0.25) is 5.91 Å². The standard InChI is InChI=1S/C20H22FIN2O3/c1-12-6-7-23(10-13(2)22)20(26)19(12)24-11-14(8-18(24)25)16-5-4-15(27-3)9-17(16)21/h4-7,9,13-14H,8,10-11H2,1-3H3/t13?,14-/m0/s1. The van der Waals surface area contributed by atoms with Gasteiger partial charge in [-0.15, -0.1) is 0 Å². The molecule has 1 amide bonds. The van der Waals surface area contributed by atoms with Gasteiger partial charge in [0.05, 0.1) is 7.11 Å². The largest absolute Gasteiger partial charge is 0.497 e. The number of ether oxygens (including phenoxy) is 1. The van der Waals surface area contributed by atoms with Crippen LogP contribution in [0.25, 0.3) is 0 Å². The highest BCUT2D eigenvalue weighted by Crippen LogP contribution is 2.34. The van der Waals surface area contributed by atoms with Gasteiger partial charge in [-0.05, 0) is 30.2 Å². The van der Waals surface area contributed by atoms with Gasteiger partial charge in [-0.1, -0.05) is 35.6 Å². The first-order valence-corrected chi connectivity index (χ1v) is 10.0. The second-order valence-corrected chi connectivity index (χ2v) is 9.00. The van der Waals surface area contributed by atoms with Crippen molar-refractivity contribution in [3.05, 3.63) is 57.8 Å². The molecule has 0 saturated carbocycles. The number of rotatable bonds is 5. The number of aromatic nitrogens is 1. The second-order valence-electron chi connectivity index (χ2n) is 6.88. The Morgan fingerprint density at radius 3 is 2.70 bits per heavy atom. The third-order valence-corrected chi connectivity index (χ3v) is 5.23. The van der Waals surface area contributed by atoms with Crippen molar-refractivity contribution in [2.45, 2.75) is 36.7 Å². The quantitative estimate of drug-likeness (QED) is 0.481. The van der Waals surface area contributed by atoms with Gasteiger partial charge in [-0.3, -0.25) is 9.59 Å². The highest BCUT2D eigenvalue weighted by atomic mass is 127. The molecule has 1 unspecified atom stereocenters. The van der Waals surface area contributed by atoms with E-state index in [9.17, 15) is 14.0 Å². The molecule has 2 heterocycles. The van der Waals surface area contributed by atoms with Gasteiger partial charge in [0.15, 0.2) is 0 Å². The van der Waals surface area contributed by atoms with Gasteiger partial charge in [0, 0.05) is 41.6 Å². The van der Waals surface area contributed by atoms with Gasteiger partial charge in [0.1, 0.15) is 17.3 Å². The number of carbonyl (C=O) groups is 1. The molecule has 0 N–H and O–H groups in total. The third kappa shape index (κ3) is 4.02. The molecule has 1 aliphatic rings. The zero-order chi connectivity index (χ0) is 19.7. The van der Waals surface area contributed by atoms with Gasteiger partial charge >= 0.3 is 0 Å². The van der Waals surface area contributed by atoms with Crippen LogP contribution in [0, 0.1) is 12.7 Å². The topological polar surface area (TPSA) is 51.5 Å². The first-order chi connectivity index (χ1) is 12.8. The Morgan fingerprint density at radius 2 is 2.07 bits per heavy atom. The number of methoxy groups -OCH3 is 1. The molecule has 2 atom stereocenters. The second kappa shape index (κ2) is 8.00. The SMILES string of the molecule is COc1ccc([C@H]2CC(=O)N(c3c(C)ccn(CC(C)I)c3=O)C2)c(F)c1. The molecule has 7 heteroatoms. The van der Waals surface area contributed by atoms with Crippen LogP contribution >= 0.6 is 22.6 Å². The molecule has 1 aromatic heterocycles. The molecule has 0 radical (unpaired) electrons. The molecule has 0 aliphatic carbocycles. The molecule has 3 rings (SSSR count). The summed E-state index contributed by atoms with van der Waals surface area (Å²) >= 11 is 2.26. The van der Waals surface area contributed by atoms with E-state index in [1.165, 1.54) is 18.1 Å². The number of pyridine rings is 1. The lowest BCUT2D eigenvalue weighted by Crippen LogP contribution is -2.35. The van der Waals surface area contributed by atoms with Crippen LogP contribution in [-0.4, -0.2) is 28.1 Å². The lowest BCUT2D eigenvalue weighted by atomic mass is 9.97. The van der Waals surface area contributed by atoms with E-state index in [0.717, 1.165) is 5.56 Å². The number of halogens is 2. The van der Waals surface area contributed by atoms with Crippen molar-refractivity contribution >= 4 is 34.2 Å². The Labute approximate surface area is 171 Å². The van der Waals surface area contributed by atoms with Crippen LogP contribution in [0.2, 0.25) is 0 Å². The Balaban J connectivity index is 1.94. The van der Waals surface area contributed by atoms with Crippen LogP contribution in [0.5, 0.6) is 5.75 Å². The van der Waals surface area contributed by atoms with E-state index in [0.29, 0.717) is 30.1 Å². The summed E-state index contributed by atoms with van der Waals surface area (Å²) in [5, 5.41) is 0. The molecular formula is C20H22FIN2O3. The number of hydrogen-bond donors (Lipinski definition) is 0. The first kappa shape index (κ1) is 19.9. The zero-order valence-corrected chi connectivity index (χ0v) is 17.7. The van der Waals surface area contributed by atoms with E-state index in [-0.39, 0.29) is 27.7 Å². The average molecular weight is 484 g/mol. The number of carbonyl (C=O) groups excluding carboxylic acids is 1. The van der Waals surface area contributed by atoms with Crippen molar-refractivity contribution in [2.75, 3.05) is 18.6 Å². The van der Waals surface area contributed by atoms with Crippen molar-refractivity contribution < 1.29 is 13.9 Å². The third-order valence-electron chi connectivity index (χ3n) is 4.83. The van der Waals surface area contributed by atoms with Crippen LogP contribution in [0.1, 0.15) is 30.4 Å². The van der Waals surface area contributed by atoms with Crippen LogP contribution in [0.4, 0.5) is 10.1 Å². The normalized spacial score (nSPS) is 18.0. The number of nitrogens with zero attached hydrogens (tertiary/aromatic N) is 2. The molecule has 0 bridgehead atoms. The van der Waals surface area contributed by atoms with Crippen LogP contribution in [0.3, 0.4) is 0 Å². The summed E-state index contributed by atoms with van der Waals surface area (Å²) in [4.78, 5) is 27.1. The van der Waals surface area contributed by atoms with Gasteiger partial charge < -0.3 is 14.2 Å². The summed E-state index contributed by atoms with van der Waals surface area (Å²) in [5.74, 6) is -0.405. The predicted octanol–water partition coefficient (Wildman–Crippen LogP) is 3.65. The summed E-state index contributed by atoms with van der Waals surface area (Å²) in [6.45, 7) is 4.71. The molecule has 1 saturated heterocycles. The summed E-state index contributed by atoms with van der Waals surface area (Å²) < 4.78 is 21.4. The van der Waals surface area contributed by atoms with E-state index < -0.39 is 5.82 Å². The number of amides is 1. The van der Waals surface area contributed by atoms with Crippen molar-refractivity contribution in [3.8, 4) is 5.75 Å². The van der Waals surface area contributed by atoms with Crippen molar-refractivity contribution in [1.29, 1.82) is 0 Å². The Hall–Kier alpha value is -1.90. The minimum Gasteiger partial charge on any atom is -0.497 e. The highest BCUT2D eigenvalue weighted by molar-refractivity contribution is 14.1. The number of benzene rings is 1. The van der Waals surface area contributed by atoms with Crippen LogP contribution < -0.4 is 15.2 Å². The number of anilines is 1. The fourth-order valence-corrected chi connectivity index (χ4v) is 3.92. The van der Waals surface area contributed by atoms with Gasteiger partial charge in [-0.2, -0.15) is 0 Å². The lowest BCUT2D eigenvalue weighted by molar-refractivity contribution is -0.117. The number of hydrogen-bond acceptors (Lipinski definition) is 3. The van der Waals surface area contributed by atoms with Crippen LogP contribution in [0.15, 0.2) is 35.3 Å². The van der Waals surface area contributed by atoms with Gasteiger partial charge in [-0.25, -0.2) is 4.39 Å². The first-order valence-electron chi connectivity index (χ1n) is 8.79. The van der Waals surface area contributed by atoms with Crippen LogP contribution in [-0.2, 0) is 11.3 Å². The Kier molecular flexibility index (Phi) is 5.88. The molecule has 144 valence electrons. The smallest absolute Gasteiger partial charge is 0.274 e. The molecule has 1 aliphatic heterocycles. The predicted molar refractivity (Wildman–Crippen MR) is 112 cm³/mol. The molecule has 1 fully saturated rings. The minimum absolute atomic E-state index is 0.157. The maximum absolute atomic E-state index is 14.4. The van der Waals surface area contributed by atoms with Gasteiger partial charge in [0.25, 0.3) is 5.56 Å². The van der Waals surface area contributed by atoms with Crippen molar-refractivity contribution in [2.24, 2.45) is 0 Å². The van der Waals surface area contributed by atoms with E-state index in [2.05, 4.69) is 22.6 Å². The van der Waals surface area contributed by atoms with Crippen molar-refractivity contribution in [1.82, 2.24) is 4.57 Å². The summed E-state index contributed by atoms with van der Waals surface area (Å²) in [7, 11) is 1.48. The maximum atomic E-state index is 14.4.